The minimum atomic E-state index is -1.21. The molecule has 6 heteroatoms. The van der Waals surface area contributed by atoms with E-state index in [-0.39, 0.29) is 6.61 Å². The van der Waals surface area contributed by atoms with Crippen LogP contribution in [0, 0.1) is 0 Å². The lowest BCUT2D eigenvalue weighted by Crippen LogP contribution is -2.58. The zero-order valence-electron chi connectivity index (χ0n) is 9.15. The van der Waals surface area contributed by atoms with Crippen LogP contribution in [0.15, 0.2) is 30.3 Å². The van der Waals surface area contributed by atoms with Gasteiger partial charge in [0.1, 0.15) is 18.3 Å². The van der Waals surface area contributed by atoms with Crippen LogP contribution in [-0.4, -0.2) is 46.5 Å². The minimum Gasteiger partial charge on any atom is -0.388 e. The first kappa shape index (κ1) is 12.3. The van der Waals surface area contributed by atoms with Gasteiger partial charge in [-0.3, -0.25) is 0 Å². The SMILES string of the molecule is O[C@@H]1[C@@H](O)[C@H](NNc2ccccc2)OC[C@H]1O. The van der Waals surface area contributed by atoms with E-state index in [1.165, 1.54) is 0 Å². The van der Waals surface area contributed by atoms with Crippen LogP contribution in [0.25, 0.3) is 0 Å². The molecule has 0 bridgehead atoms. The van der Waals surface area contributed by atoms with Crippen molar-refractivity contribution < 1.29 is 20.1 Å². The first-order valence-electron chi connectivity index (χ1n) is 5.41. The number of anilines is 1. The molecule has 1 aromatic carbocycles. The zero-order chi connectivity index (χ0) is 12.3. The van der Waals surface area contributed by atoms with Gasteiger partial charge >= 0.3 is 0 Å². The Labute approximate surface area is 98.8 Å². The number of hydrogen-bond acceptors (Lipinski definition) is 6. The van der Waals surface area contributed by atoms with Crippen molar-refractivity contribution in [3.05, 3.63) is 30.3 Å². The number of hydrazine groups is 1. The number of hydrogen-bond donors (Lipinski definition) is 5. The summed E-state index contributed by atoms with van der Waals surface area (Å²) in [5.74, 6) is 0. The summed E-state index contributed by atoms with van der Waals surface area (Å²) in [6.45, 7) is -0.0215. The minimum absolute atomic E-state index is 0.0215. The van der Waals surface area contributed by atoms with Gasteiger partial charge in [0.05, 0.1) is 6.61 Å². The third-order valence-electron chi connectivity index (χ3n) is 2.63. The van der Waals surface area contributed by atoms with Gasteiger partial charge in [-0.15, -0.1) is 0 Å². The molecule has 1 heterocycles. The maximum Gasteiger partial charge on any atom is 0.153 e. The molecule has 0 amide bonds. The van der Waals surface area contributed by atoms with Crippen molar-refractivity contribution in [3.8, 4) is 0 Å². The summed E-state index contributed by atoms with van der Waals surface area (Å²) in [6.07, 6.45) is -4.22. The third kappa shape index (κ3) is 2.93. The fourth-order valence-electron chi connectivity index (χ4n) is 1.61. The molecule has 0 aromatic heterocycles. The van der Waals surface area contributed by atoms with Crippen LogP contribution in [0.2, 0.25) is 0 Å². The maximum absolute atomic E-state index is 9.65. The summed E-state index contributed by atoms with van der Waals surface area (Å²) < 4.78 is 5.16. The van der Waals surface area contributed by atoms with Gasteiger partial charge in [0, 0.05) is 5.69 Å². The topological polar surface area (TPSA) is 94.0 Å². The van der Waals surface area contributed by atoms with Crippen molar-refractivity contribution in [1.82, 2.24) is 5.43 Å². The number of rotatable bonds is 3. The Morgan fingerprint density at radius 1 is 1.06 bits per heavy atom. The molecule has 94 valence electrons. The molecule has 6 nitrogen and oxygen atoms in total. The molecule has 0 unspecified atom stereocenters. The summed E-state index contributed by atoms with van der Waals surface area (Å²) >= 11 is 0. The van der Waals surface area contributed by atoms with Gasteiger partial charge in [0.2, 0.25) is 0 Å². The highest BCUT2D eigenvalue weighted by Crippen LogP contribution is 2.14. The Kier molecular flexibility index (Phi) is 3.93. The van der Waals surface area contributed by atoms with Gasteiger partial charge in [-0.05, 0) is 12.1 Å². The first-order valence-corrected chi connectivity index (χ1v) is 5.41. The van der Waals surface area contributed by atoms with E-state index in [1.54, 1.807) is 0 Å². The number of para-hydroxylation sites is 1. The molecular formula is C11H16N2O4. The Morgan fingerprint density at radius 3 is 2.47 bits per heavy atom. The number of aliphatic hydroxyl groups excluding tert-OH is 3. The largest absolute Gasteiger partial charge is 0.388 e. The molecule has 0 spiro atoms. The van der Waals surface area contributed by atoms with Crippen molar-refractivity contribution in [2.45, 2.75) is 24.5 Å². The third-order valence-corrected chi connectivity index (χ3v) is 2.63. The second-order valence-corrected chi connectivity index (χ2v) is 3.94. The maximum atomic E-state index is 9.65. The predicted molar refractivity (Wildman–Crippen MR) is 61.0 cm³/mol. The smallest absolute Gasteiger partial charge is 0.153 e. The van der Waals surface area contributed by atoms with Crippen LogP contribution in [0.3, 0.4) is 0 Å². The lowest BCUT2D eigenvalue weighted by molar-refractivity contribution is -0.193. The van der Waals surface area contributed by atoms with Crippen LogP contribution >= 0.6 is 0 Å². The van der Waals surface area contributed by atoms with Crippen molar-refractivity contribution in [2.24, 2.45) is 0 Å². The quantitative estimate of drug-likeness (QED) is 0.437. The van der Waals surface area contributed by atoms with Crippen LogP contribution in [0.1, 0.15) is 0 Å². The van der Waals surface area contributed by atoms with Crippen molar-refractivity contribution in [1.29, 1.82) is 0 Å². The molecule has 1 aliphatic heterocycles. The predicted octanol–water partition coefficient (Wildman–Crippen LogP) is -0.958. The van der Waals surface area contributed by atoms with Crippen LogP contribution in [0.4, 0.5) is 5.69 Å². The molecule has 1 aliphatic rings. The lowest BCUT2D eigenvalue weighted by Gasteiger charge is -2.35. The molecule has 5 N–H and O–H groups in total. The molecule has 4 atom stereocenters. The van der Waals surface area contributed by atoms with Crippen molar-refractivity contribution in [2.75, 3.05) is 12.0 Å². The van der Waals surface area contributed by atoms with E-state index in [2.05, 4.69) is 10.9 Å². The summed E-state index contributed by atoms with van der Waals surface area (Å²) in [7, 11) is 0. The van der Waals surface area contributed by atoms with Gasteiger partial charge in [0.15, 0.2) is 6.23 Å². The summed E-state index contributed by atoms with van der Waals surface area (Å²) in [5.41, 5.74) is 6.41. The summed E-state index contributed by atoms with van der Waals surface area (Å²) in [4.78, 5) is 0. The summed E-state index contributed by atoms with van der Waals surface area (Å²) in [5, 5.41) is 28.4. The van der Waals surface area contributed by atoms with E-state index in [0.29, 0.717) is 0 Å². The lowest BCUT2D eigenvalue weighted by atomic mass is 10.1. The number of aliphatic hydroxyl groups is 3. The van der Waals surface area contributed by atoms with Gasteiger partial charge in [-0.2, -0.15) is 0 Å². The average molecular weight is 240 g/mol. The highest BCUT2D eigenvalue weighted by Gasteiger charge is 2.37. The van der Waals surface area contributed by atoms with Gasteiger partial charge in [-0.1, -0.05) is 18.2 Å². The zero-order valence-corrected chi connectivity index (χ0v) is 9.15. The van der Waals surface area contributed by atoms with Gasteiger partial charge < -0.3 is 25.5 Å². The fourth-order valence-corrected chi connectivity index (χ4v) is 1.61. The number of ether oxygens (including phenoxy) is 1. The van der Waals surface area contributed by atoms with Gasteiger partial charge in [-0.25, -0.2) is 5.43 Å². The van der Waals surface area contributed by atoms with Gasteiger partial charge in [0.25, 0.3) is 0 Å². The normalized spacial score (nSPS) is 33.4. The monoisotopic (exact) mass is 240 g/mol. The average Bonchev–Trinajstić information content (AvgIpc) is 2.36. The second kappa shape index (κ2) is 5.44. The molecule has 1 saturated heterocycles. The molecule has 2 rings (SSSR count). The molecule has 1 fully saturated rings. The molecule has 1 aromatic rings. The molecule has 0 aliphatic carbocycles. The van der Waals surface area contributed by atoms with Crippen LogP contribution in [0.5, 0.6) is 0 Å². The molecular weight excluding hydrogens is 224 g/mol. The standard InChI is InChI=1S/C11H16N2O4/c14-8-6-17-11(10(16)9(8)15)13-12-7-4-2-1-3-5-7/h1-5,8-16H,6H2/t8-,9+,10-,11-/m1/s1. The van der Waals surface area contributed by atoms with E-state index < -0.39 is 24.5 Å². The van der Waals surface area contributed by atoms with Crippen LogP contribution < -0.4 is 10.9 Å². The van der Waals surface area contributed by atoms with Crippen molar-refractivity contribution in [3.63, 3.8) is 0 Å². The number of nitrogens with one attached hydrogen (secondary N) is 2. The van der Waals surface area contributed by atoms with E-state index in [9.17, 15) is 15.3 Å². The van der Waals surface area contributed by atoms with E-state index in [1.807, 2.05) is 30.3 Å². The Morgan fingerprint density at radius 2 is 1.76 bits per heavy atom. The van der Waals surface area contributed by atoms with E-state index in [4.69, 9.17) is 4.74 Å². The molecule has 17 heavy (non-hydrogen) atoms. The Balaban J connectivity index is 1.87. The van der Waals surface area contributed by atoms with E-state index in [0.717, 1.165) is 5.69 Å². The van der Waals surface area contributed by atoms with Crippen LogP contribution in [-0.2, 0) is 4.74 Å². The fraction of sp³-hybridized carbons (Fsp3) is 0.455. The Bertz CT molecular complexity index is 349. The van der Waals surface area contributed by atoms with Crippen molar-refractivity contribution >= 4 is 5.69 Å². The molecule has 0 saturated carbocycles. The highest BCUT2D eigenvalue weighted by atomic mass is 16.5. The highest BCUT2D eigenvalue weighted by molar-refractivity contribution is 5.41. The van der Waals surface area contributed by atoms with E-state index >= 15 is 0 Å². The first-order chi connectivity index (χ1) is 8.18. The number of benzene rings is 1. The Hall–Kier alpha value is -1.18. The molecule has 0 radical (unpaired) electrons. The second-order valence-electron chi connectivity index (χ2n) is 3.94. The summed E-state index contributed by atoms with van der Waals surface area (Å²) in [6, 6.07) is 9.29.